The number of aryl methyl sites for hydroxylation is 2. The second-order valence-electron chi connectivity index (χ2n) is 5.72. The first kappa shape index (κ1) is 14.5. The van der Waals surface area contributed by atoms with Gasteiger partial charge >= 0.3 is 0 Å². The Bertz CT molecular complexity index is 653. The molecule has 5 nitrogen and oxygen atoms in total. The Balaban J connectivity index is 1.66. The van der Waals surface area contributed by atoms with Gasteiger partial charge in [-0.15, -0.1) is 5.10 Å². The molecule has 0 radical (unpaired) electrons. The smallest absolute Gasteiger partial charge is 0.254 e. The second kappa shape index (κ2) is 6.13. The van der Waals surface area contributed by atoms with Crippen molar-refractivity contribution >= 4 is 5.91 Å². The number of carbonyl (C=O) groups is 1. The molecule has 3 rings (SSSR count). The zero-order chi connectivity index (χ0) is 15.5. The summed E-state index contributed by atoms with van der Waals surface area (Å²) in [6, 6.07) is 9.51. The van der Waals surface area contributed by atoms with Crippen LogP contribution >= 0.6 is 0 Å². The Hall–Kier alpha value is -2.43. The van der Waals surface area contributed by atoms with Crippen LogP contribution in [0.2, 0.25) is 0 Å². The Labute approximate surface area is 129 Å². The van der Waals surface area contributed by atoms with E-state index in [4.69, 9.17) is 4.74 Å². The molecule has 1 aromatic heterocycles. The quantitative estimate of drug-likeness (QED) is 0.873. The van der Waals surface area contributed by atoms with Crippen molar-refractivity contribution in [2.24, 2.45) is 0 Å². The van der Waals surface area contributed by atoms with Crippen LogP contribution in [0.25, 0.3) is 0 Å². The first-order valence-electron chi connectivity index (χ1n) is 7.44. The predicted octanol–water partition coefficient (Wildman–Crippen LogP) is 2.39. The molecular formula is C17H19N3O2. The minimum Gasteiger partial charge on any atom is -0.471 e. The molecule has 1 amide bonds. The molecule has 0 bridgehead atoms. The third kappa shape index (κ3) is 3.24. The van der Waals surface area contributed by atoms with Crippen molar-refractivity contribution in [3.8, 4) is 5.88 Å². The van der Waals surface area contributed by atoms with Gasteiger partial charge < -0.3 is 9.64 Å². The molecule has 2 aromatic rings. The maximum Gasteiger partial charge on any atom is 0.254 e. The fourth-order valence-electron chi connectivity index (χ4n) is 2.81. The number of hydrogen-bond donors (Lipinski definition) is 0. The molecule has 1 aliphatic rings. The van der Waals surface area contributed by atoms with Gasteiger partial charge in [0.25, 0.3) is 5.91 Å². The van der Waals surface area contributed by atoms with Gasteiger partial charge in [0.2, 0.25) is 5.88 Å². The lowest BCUT2D eigenvalue weighted by molar-refractivity contribution is 0.0770. The minimum atomic E-state index is -0.0217. The summed E-state index contributed by atoms with van der Waals surface area (Å²) in [5, 5.41) is 7.71. The van der Waals surface area contributed by atoms with Gasteiger partial charge in [-0.05, 0) is 32.0 Å². The van der Waals surface area contributed by atoms with Crippen molar-refractivity contribution in [1.82, 2.24) is 15.1 Å². The summed E-state index contributed by atoms with van der Waals surface area (Å²) in [5.41, 5.74) is 2.96. The topological polar surface area (TPSA) is 55.3 Å². The summed E-state index contributed by atoms with van der Waals surface area (Å²) in [6.45, 7) is 5.31. The normalized spacial score (nSPS) is 17.5. The van der Waals surface area contributed by atoms with E-state index >= 15 is 0 Å². The van der Waals surface area contributed by atoms with Crippen molar-refractivity contribution in [1.29, 1.82) is 0 Å². The number of nitrogens with zero attached hydrogens (tertiary/aromatic N) is 3. The average Bonchev–Trinajstić information content (AvgIpc) is 2.95. The molecule has 0 aliphatic carbocycles. The highest BCUT2D eigenvalue weighted by Crippen LogP contribution is 2.19. The third-order valence-corrected chi connectivity index (χ3v) is 3.74. The van der Waals surface area contributed by atoms with E-state index in [1.807, 2.05) is 30.9 Å². The Morgan fingerprint density at radius 1 is 1.27 bits per heavy atom. The fourth-order valence-corrected chi connectivity index (χ4v) is 2.81. The molecule has 5 heteroatoms. The van der Waals surface area contributed by atoms with Gasteiger partial charge in [-0.3, -0.25) is 4.79 Å². The molecule has 1 aromatic carbocycles. The first-order chi connectivity index (χ1) is 10.6. The molecule has 114 valence electrons. The number of hydrogen-bond acceptors (Lipinski definition) is 4. The van der Waals surface area contributed by atoms with Gasteiger partial charge in [0.15, 0.2) is 0 Å². The number of ether oxygens (including phenoxy) is 1. The van der Waals surface area contributed by atoms with Crippen LogP contribution in [-0.4, -0.2) is 40.2 Å². The Morgan fingerprint density at radius 3 is 2.73 bits per heavy atom. The monoisotopic (exact) mass is 297 g/mol. The highest BCUT2D eigenvalue weighted by molar-refractivity contribution is 5.94. The maximum atomic E-state index is 12.6. The van der Waals surface area contributed by atoms with Crippen LogP contribution in [0, 0.1) is 13.8 Å². The van der Waals surface area contributed by atoms with Crippen molar-refractivity contribution in [2.45, 2.75) is 26.4 Å². The molecule has 0 N–H and O–H groups in total. The molecule has 1 saturated heterocycles. The summed E-state index contributed by atoms with van der Waals surface area (Å²) in [4.78, 5) is 14.4. The third-order valence-electron chi connectivity index (χ3n) is 3.74. The molecule has 2 heterocycles. The lowest BCUT2D eigenvalue weighted by Gasteiger charge is -2.17. The van der Waals surface area contributed by atoms with E-state index in [1.165, 1.54) is 0 Å². The molecule has 1 fully saturated rings. The Kier molecular flexibility index (Phi) is 4.04. The maximum absolute atomic E-state index is 12.6. The summed E-state index contributed by atoms with van der Waals surface area (Å²) in [5.74, 6) is 0.574. The van der Waals surface area contributed by atoms with Crippen LogP contribution in [0.3, 0.4) is 0 Å². The molecule has 1 unspecified atom stereocenters. The highest BCUT2D eigenvalue weighted by Gasteiger charge is 2.28. The molecule has 1 aliphatic heterocycles. The minimum absolute atomic E-state index is 0.0217. The summed E-state index contributed by atoms with van der Waals surface area (Å²) in [6.07, 6.45) is 2.40. The Morgan fingerprint density at radius 2 is 2.05 bits per heavy atom. The van der Waals surface area contributed by atoms with E-state index in [2.05, 4.69) is 16.3 Å². The van der Waals surface area contributed by atoms with Crippen LogP contribution in [-0.2, 0) is 0 Å². The molecule has 22 heavy (non-hydrogen) atoms. The van der Waals surface area contributed by atoms with E-state index in [0.717, 1.165) is 23.1 Å². The largest absolute Gasteiger partial charge is 0.471 e. The van der Waals surface area contributed by atoms with Crippen molar-refractivity contribution in [3.63, 3.8) is 0 Å². The lowest BCUT2D eigenvalue weighted by atomic mass is 10.1. The van der Waals surface area contributed by atoms with Gasteiger partial charge in [0, 0.05) is 30.8 Å². The van der Waals surface area contributed by atoms with E-state index < -0.39 is 0 Å². The van der Waals surface area contributed by atoms with E-state index in [1.54, 1.807) is 18.3 Å². The SMILES string of the molecule is Cc1cc(C)cc(C(=O)N2CCC(Oc3cccnn3)C2)c1. The number of rotatable bonds is 3. The second-order valence-corrected chi connectivity index (χ2v) is 5.72. The van der Waals surface area contributed by atoms with E-state index in [0.29, 0.717) is 19.0 Å². The highest BCUT2D eigenvalue weighted by atomic mass is 16.5. The average molecular weight is 297 g/mol. The molecular weight excluding hydrogens is 278 g/mol. The zero-order valence-corrected chi connectivity index (χ0v) is 12.8. The molecule has 1 atom stereocenters. The van der Waals surface area contributed by atoms with E-state index in [-0.39, 0.29) is 12.0 Å². The van der Waals surface area contributed by atoms with E-state index in [9.17, 15) is 4.79 Å². The fraction of sp³-hybridized carbons (Fsp3) is 0.353. The summed E-state index contributed by atoms with van der Waals surface area (Å²) < 4.78 is 5.77. The van der Waals surface area contributed by atoms with Gasteiger partial charge in [0.05, 0.1) is 6.54 Å². The van der Waals surface area contributed by atoms with Gasteiger partial charge in [-0.2, -0.15) is 5.10 Å². The van der Waals surface area contributed by atoms with Crippen LogP contribution in [0.5, 0.6) is 5.88 Å². The van der Waals surface area contributed by atoms with Crippen LogP contribution in [0.1, 0.15) is 27.9 Å². The number of benzene rings is 1. The van der Waals surface area contributed by atoms with Gasteiger partial charge in [-0.25, -0.2) is 0 Å². The molecule has 0 spiro atoms. The zero-order valence-electron chi connectivity index (χ0n) is 12.8. The van der Waals surface area contributed by atoms with Crippen LogP contribution < -0.4 is 4.74 Å². The van der Waals surface area contributed by atoms with Gasteiger partial charge in [-0.1, -0.05) is 17.2 Å². The molecule has 0 saturated carbocycles. The number of likely N-dealkylation sites (tertiary alicyclic amines) is 1. The summed E-state index contributed by atoms with van der Waals surface area (Å²) >= 11 is 0. The van der Waals surface area contributed by atoms with Gasteiger partial charge in [0.1, 0.15) is 6.10 Å². The standard InChI is InChI=1S/C17H19N3O2/c1-12-8-13(2)10-14(9-12)17(21)20-7-5-15(11-20)22-16-4-3-6-18-19-16/h3-4,6,8-10,15H,5,7,11H2,1-2H3. The van der Waals surface area contributed by atoms with Crippen molar-refractivity contribution in [2.75, 3.05) is 13.1 Å². The number of aromatic nitrogens is 2. The first-order valence-corrected chi connectivity index (χ1v) is 7.44. The van der Waals surface area contributed by atoms with Crippen LogP contribution in [0.4, 0.5) is 0 Å². The lowest BCUT2D eigenvalue weighted by Crippen LogP contribution is -2.31. The predicted molar refractivity (Wildman–Crippen MR) is 82.9 cm³/mol. The van der Waals surface area contributed by atoms with Crippen molar-refractivity contribution in [3.05, 3.63) is 53.2 Å². The number of carbonyl (C=O) groups excluding carboxylic acids is 1. The van der Waals surface area contributed by atoms with Crippen molar-refractivity contribution < 1.29 is 9.53 Å². The number of amides is 1. The summed E-state index contributed by atoms with van der Waals surface area (Å²) in [7, 11) is 0. The van der Waals surface area contributed by atoms with Crippen LogP contribution in [0.15, 0.2) is 36.5 Å².